The van der Waals surface area contributed by atoms with Crippen molar-refractivity contribution in [2.45, 2.75) is 32.2 Å². The second kappa shape index (κ2) is 5.85. The Bertz CT molecular complexity index is 361. The quantitative estimate of drug-likeness (QED) is 0.878. The first-order valence-corrected chi connectivity index (χ1v) is 7.06. The van der Waals surface area contributed by atoms with Gasteiger partial charge in [0.2, 0.25) is 0 Å². The summed E-state index contributed by atoms with van der Waals surface area (Å²) in [5.74, 6) is 1.36. The van der Waals surface area contributed by atoms with E-state index in [2.05, 4.69) is 62.4 Å². The van der Waals surface area contributed by atoms with Crippen LogP contribution >= 0.6 is 0 Å². The summed E-state index contributed by atoms with van der Waals surface area (Å²) in [5.41, 5.74) is 2.89. The molecule has 18 heavy (non-hydrogen) atoms. The van der Waals surface area contributed by atoms with Crippen molar-refractivity contribution in [1.29, 1.82) is 0 Å². The Hall–Kier alpha value is -0.860. The lowest BCUT2D eigenvalue weighted by Gasteiger charge is -2.30. The maximum atomic E-state index is 3.48. The molecule has 0 aliphatic carbocycles. The monoisotopic (exact) mass is 246 g/mol. The molecule has 1 fully saturated rings. The second-order valence-corrected chi connectivity index (χ2v) is 5.98. The summed E-state index contributed by atoms with van der Waals surface area (Å²) in [6.45, 7) is 6.81. The summed E-state index contributed by atoms with van der Waals surface area (Å²) in [6, 6.07) is 9.76. The molecule has 0 bridgehead atoms. The highest BCUT2D eigenvalue weighted by atomic mass is 15.1. The third-order valence-corrected chi connectivity index (χ3v) is 4.05. The molecule has 0 aromatic heterocycles. The average Bonchev–Trinajstić information content (AvgIpc) is 2.83. The Morgan fingerprint density at radius 3 is 2.17 bits per heavy atom. The van der Waals surface area contributed by atoms with E-state index in [1.165, 1.54) is 24.1 Å². The fourth-order valence-electron chi connectivity index (χ4n) is 3.02. The number of nitrogens with one attached hydrogen (secondary N) is 1. The summed E-state index contributed by atoms with van der Waals surface area (Å²) in [5, 5.41) is 3.48. The maximum Gasteiger partial charge on any atom is 0.0382 e. The molecule has 2 heteroatoms. The van der Waals surface area contributed by atoms with Crippen molar-refractivity contribution < 1.29 is 0 Å². The van der Waals surface area contributed by atoms with Crippen LogP contribution in [-0.4, -0.2) is 32.1 Å². The molecule has 1 aliphatic rings. The molecule has 0 radical (unpaired) electrons. The molecule has 1 aromatic carbocycles. The molecule has 0 spiro atoms. The summed E-state index contributed by atoms with van der Waals surface area (Å²) < 4.78 is 0. The third-order valence-electron chi connectivity index (χ3n) is 4.05. The Kier molecular flexibility index (Phi) is 4.41. The first-order chi connectivity index (χ1) is 8.59. The van der Waals surface area contributed by atoms with Crippen molar-refractivity contribution in [3.8, 4) is 0 Å². The van der Waals surface area contributed by atoms with E-state index >= 15 is 0 Å². The molecule has 2 rings (SSSR count). The highest BCUT2D eigenvalue weighted by Crippen LogP contribution is 2.31. The zero-order valence-corrected chi connectivity index (χ0v) is 12.1. The number of benzene rings is 1. The minimum absolute atomic E-state index is 0.543. The van der Waals surface area contributed by atoms with Crippen molar-refractivity contribution in [2.75, 3.05) is 27.2 Å². The molecule has 100 valence electrons. The minimum atomic E-state index is 0.543. The smallest absolute Gasteiger partial charge is 0.0382 e. The largest absolute Gasteiger partial charge is 0.316 e. The van der Waals surface area contributed by atoms with Gasteiger partial charge in [-0.3, -0.25) is 0 Å². The molecule has 0 saturated carbocycles. The Morgan fingerprint density at radius 1 is 1.11 bits per heavy atom. The normalized spacial score (nSPS) is 21.8. The standard InChI is InChI=1S/C16H26N2/c1-12(2)13-5-7-14(8-6-13)16(18(3)4)15-9-10-17-11-15/h5-8,12,15-17H,9-11H2,1-4H3. The van der Waals surface area contributed by atoms with Crippen LogP contribution in [0.15, 0.2) is 24.3 Å². The van der Waals surface area contributed by atoms with Gasteiger partial charge in [-0.15, -0.1) is 0 Å². The fraction of sp³-hybridized carbons (Fsp3) is 0.625. The third kappa shape index (κ3) is 2.93. The first-order valence-electron chi connectivity index (χ1n) is 7.06. The minimum Gasteiger partial charge on any atom is -0.316 e. The summed E-state index contributed by atoms with van der Waals surface area (Å²) in [4.78, 5) is 2.36. The predicted octanol–water partition coefficient (Wildman–Crippen LogP) is 3.02. The highest BCUT2D eigenvalue weighted by Gasteiger charge is 2.27. The topological polar surface area (TPSA) is 15.3 Å². The van der Waals surface area contributed by atoms with E-state index in [1.807, 2.05) is 0 Å². The zero-order valence-electron chi connectivity index (χ0n) is 12.1. The van der Waals surface area contributed by atoms with Crippen molar-refractivity contribution >= 4 is 0 Å². The molecule has 1 aliphatic heterocycles. The predicted molar refractivity (Wildman–Crippen MR) is 77.9 cm³/mol. The van der Waals surface area contributed by atoms with E-state index in [0.29, 0.717) is 12.0 Å². The van der Waals surface area contributed by atoms with E-state index in [0.717, 1.165) is 12.5 Å². The van der Waals surface area contributed by atoms with Crippen LogP contribution in [0.2, 0.25) is 0 Å². The maximum absolute atomic E-state index is 3.48. The lowest BCUT2D eigenvalue weighted by molar-refractivity contribution is 0.223. The summed E-state index contributed by atoms with van der Waals surface area (Å²) in [6.07, 6.45) is 1.29. The van der Waals surface area contributed by atoms with Gasteiger partial charge in [-0.2, -0.15) is 0 Å². The van der Waals surface area contributed by atoms with Gasteiger partial charge in [0, 0.05) is 6.04 Å². The number of hydrogen-bond acceptors (Lipinski definition) is 2. The van der Waals surface area contributed by atoms with Crippen molar-refractivity contribution in [1.82, 2.24) is 10.2 Å². The van der Waals surface area contributed by atoms with Crippen LogP contribution in [0.5, 0.6) is 0 Å². The number of hydrogen-bond donors (Lipinski definition) is 1. The highest BCUT2D eigenvalue weighted by molar-refractivity contribution is 5.27. The molecule has 1 aromatic rings. The van der Waals surface area contributed by atoms with Crippen LogP contribution in [0.4, 0.5) is 0 Å². The molecule has 1 N–H and O–H groups in total. The van der Waals surface area contributed by atoms with E-state index in [4.69, 9.17) is 0 Å². The van der Waals surface area contributed by atoms with Crippen LogP contribution in [0.3, 0.4) is 0 Å². The van der Waals surface area contributed by atoms with E-state index in [1.54, 1.807) is 0 Å². The van der Waals surface area contributed by atoms with Gasteiger partial charge >= 0.3 is 0 Å². The molecule has 2 atom stereocenters. The number of nitrogens with zero attached hydrogens (tertiary/aromatic N) is 1. The van der Waals surface area contributed by atoms with E-state index in [9.17, 15) is 0 Å². The van der Waals surface area contributed by atoms with Crippen LogP contribution in [0.1, 0.15) is 43.4 Å². The molecule has 2 nitrogen and oxygen atoms in total. The number of rotatable bonds is 4. The van der Waals surface area contributed by atoms with Gasteiger partial charge in [0.15, 0.2) is 0 Å². The average molecular weight is 246 g/mol. The van der Waals surface area contributed by atoms with Crippen molar-refractivity contribution in [2.24, 2.45) is 5.92 Å². The van der Waals surface area contributed by atoms with Gasteiger partial charge in [0.25, 0.3) is 0 Å². The lowest BCUT2D eigenvalue weighted by atomic mass is 9.90. The molecular formula is C16H26N2. The van der Waals surface area contributed by atoms with Crippen LogP contribution in [-0.2, 0) is 0 Å². The Morgan fingerprint density at radius 2 is 1.72 bits per heavy atom. The summed E-state index contributed by atoms with van der Waals surface area (Å²) >= 11 is 0. The SMILES string of the molecule is CC(C)c1ccc(C(C2CCNC2)N(C)C)cc1. The van der Waals surface area contributed by atoms with Gasteiger partial charge in [-0.25, -0.2) is 0 Å². The first kappa shape index (κ1) is 13.6. The molecule has 2 unspecified atom stereocenters. The van der Waals surface area contributed by atoms with Crippen molar-refractivity contribution in [3.05, 3.63) is 35.4 Å². The second-order valence-electron chi connectivity index (χ2n) is 5.98. The molecular weight excluding hydrogens is 220 g/mol. The molecule has 1 saturated heterocycles. The van der Waals surface area contributed by atoms with Gasteiger partial charge in [0.1, 0.15) is 0 Å². The van der Waals surface area contributed by atoms with Crippen LogP contribution < -0.4 is 5.32 Å². The van der Waals surface area contributed by atoms with E-state index in [-0.39, 0.29) is 0 Å². The van der Waals surface area contributed by atoms with Gasteiger partial charge in [-0.05, 0) is 56.6 Å². The van der Waals surface area contributed by atoms with Crippen molar-refractivity contribution in [3.63, 3.8) is 0 Å². The Labute approximate surface area is 111 Å². The van der Waals surface area contributed by atoms with Gasteiger partial charge < -0.3 is 10.2 Å². The molecule has 0 amide bonds. The fourth-order valence-corrected chi connectivity index (χ4v) is 3.02. The zero-order chi connectivity index (χ0) is 13.1. The lowest BCUT2D eigenvalue weighted by Crippen LogP contribution is -2.28. The van der Waals surface area contributed by atoms with Gasteiger partial charge in [-0.1, -0.05) is 38.1 Å². The molecule has 1 heterocycles. The van der Waals surface area contributed by atoms with E-state index < -0.39 is 0 Å². The van der Waals surface area contributed by atoms with Crippen LogP contribution in [0, 0.1) is 5.92 Å². The van der Waals surface area contributed by atoms with Gasteiger partial charge in [0.05, 0.1) is 0 Å². The van der Waals surface area contributed by atoms with Crippen LogP contribution in [0.25, 0.3) is 0 Å². The Balaban J connectivity index is 2.19. The summed E-state index contributed by atoms with van der Waals surface area (Å²) in [7, 11) is 4.39.